The maximum Gasteiger partial charge on any atom is 0.416 e. The van der Waals surface area contributed by atoms with Crippen molar-refractivity contribution in [1.29, 1.82) is 0 Å². The van der Waals surface area contributed by atoms with Crippen LogP contribution in [0.5, 0.6) is 5.75 Å². The van der Waals surface area contributed by atoms with Gasteiger partial charge in [-0.3, -0.25) is 4.31 Å². The topological polar surface area (TPSA) is 66.8 Å². The number of halogens is 5. The van der Waals surface area contributed by atoms with Crippen LogP contribution in [0.3, 0.4) is 0 Å². The Morgan fingerprint density at radius 2 is 1.63 bits per heavy atom. The zero-order valence-electron chi connectivity index (χ0n) is 18.5. The van der Waals surface area contributed by atoms with Gasteiger partial charge >= 0.3 is 6.18 Å². The number of rotatable bonds is 4. The van der Waals surface area contributed by atoms with Crippen molar-refractivity contribution in [2.75, 3.05) is 24.1 Å². The van der Waals surface area contributed by atoms with Crippen LogP contribution < -0.4 is 9.04 Å². The van der Waals surface area contributed by atoms with Crippen molar-refractivity contribution in [3.8, 4) is 16.9 Å². The van der Waals surface area contributed by atoms with Crippen molar-refractivity contribution in [2.24, 2.45) is 0 Å². The fraction of sp³-hybridized carbons (Fsp3) is 0.250. The zero-order chi connectivity index (χ0) is 25.8. The maximum atomic E-state index is 13.6. The van der Waals surface area contributed by atoms with Crippen LogP contribution in [0.15, 0.2) is 65.6 Å². The Morgan fingerprint density at radius 1 is 0.971 bits per heavy atom. The molecule has 11 heteroatoms. The number of aliphatic hydroxyl groups excluding tert-OH is 1. The van der Waals surface area contributed by atoms with Gasteiger partial charge in [0, 0.05) is 6.61 Å². The molecular weight excluding hydrogens is 493 g/mol. The first-order valence-electron chi connectivity index (χ1n) is 10.5. The number of ether oxygens (including phenoxy) is 1. The minimum Gasteiger partial charge on any atom is -0.489 e. The van der Waals surface area contributed by atoms with Crippen molar-refractivity contribution in [3.05, 3.63) is 77.9 Å². The van der Waals surface area contributed by atoms with Gasteiger partial charge < -0.3 is 9.84 Å². The summed E-state index contributed by atoms with van der Waals surface area (Å²) in [5, 5.41) is 7.88. The number of aliphatic hydroxyl groups is 1. The van der Waals surface area contributed by atoms with Gasteiger partial charge in [0.25, 0.3) is 10.0 Å². The van der Waals surface area contributed by atoms with E-state index in [1.54, 1.807) is 6.07 Å². The second-order valence-electron chi connectivity index (χ2n) is 7.49. The van der Waals surface area contributed by atoms with Crippen LogP contribution in [-0.4, -0.2) is 33.3 Å². The van der Waals surface area contributed by atoms with Gasteiger partial charge in [-0.2, -0.15) is 13.2 Å². The van der Waals surface area contributed by atoms with Crippen LogP contribution in [-0.2, 0) is 16.2 Å². The molecule has 35 heavy (non-hydrogen) atoms. The molecule has 5 nitrogen and oxygen atoms in total. The number of alkyl halides is 3. The highest BCUT2D eigenvalue weighted by Crippen LogP contribution is 2.39. The van der Waals surface area contributed by atoms with Gasteiger partial charge in [-0.25, -0.2) is 17.2 Å². The van der Waals surface area contributed by atoms with Crippen molar-refractivity contribution in [2.45, 2.75) is 24.4 Å². The molecule has 0 saturated carbocycles. The molecule has 4 rings (SSSR count). The van der Waals surface area contributed by atoms with Crippen molar-refractivity contribution in [3.63, 3.8) is 0 Å². The van der Waals surface area contributed by atoms with Gasteiger partial charge in [0.2, 0.25) is 0 Å². The van der Waals surface area contributed by atoms with Crippen LogP contribution in [0, 0.1) is 11.6 Å². The number of nitrogens with zero attached hydrogens (tertiary/aromatic N) is 1. The Hall–Kier alpha value is -3.18. The SMILES string of the molecule is CCCO.O=S(=O)(c1cccc(C(F)(F)F)c1)N1CCOc2ccc(-c3ccc(F)c(F)c3)cc21. The number of anilines is 1. The number of hydrogen-bond donors (Lipinski definition) is 1. The molecule has 0 atom stereocenters. The summed E-state index contributed by atoms with van der Waals surface area (Å²) in [4.78, 5) is -0.520. The van der Waals surface area contributed by atoms with E-state index >= 15 is 0 Å². The monoisotopic (exact) mass is 515 g/mol. The highest BCUT2D eigenvalue weighted by Gasteiger charge is 2.34. The molecule has 0 aliphatic carbocycles. The predicted molar refractivity (Wildman–Crippen MR) is 121 cm³/mol. The summed E-state index contributed by atoms with van der Waals surface area (Å²) in [5.41, 5.74) is -0.320. The lowest BCUT2D eigenvalue weighted by Gasteiger charge is -2.31. The first-order chi connectivity index (χ1) is 16.5. The molecule has 0 bridgehead atoms. The molecule has 188 valence electrons. The minimum atomic E-state index is -4.70. The number of fused-ring (bicyclic) bond motifs is 1. The number of hydrogen-bond acceptors (Lipinski definition) is 4. The summed E-state index contributed by atoms with van der Waals surface area (Å²) < 4.78 is 98.8. The van der Waals surface area contributed by atoms with Crippen molar-refractivity contribution < 1.29 is 40.2 Å². The molecule has 1 N–H and O–H groups in total. The van der Waals surface area contributed by atoms with Gasteiger partial charge in [0.15, 0.2) is 11.6 Å². The lowest BCUT2D eigenvalue weighted by atomic mass is 10.0. The molecule has 0 saturated heterocycles. The lowest BCUT2D eigenvalue weighted by Crippen LogP contribution is -2.38. The van der Waals surface area contributed by atoms with Gasteiger partial charge in [-0.15, -0.1) is 0 Å². The van der Waals surface area contributed by atoms with Crippen LogP contribution in [0.1, 0.15) is 18.9 Å². The molecule has 0 fully saturated rings. The van der Waals surface area contributed by atoms with Crippen LogP contribution in [0.25, 0.3) is 11.1 Å². The van der Waals surface area contributed by atoms with Crippen LogP contribution in [0.2, 0.25) is 0 Å². The van der Waals surface area contributed by atoms with E-state index in [9.17, 15) is 30.4 Å². The van der Waals surface area contributed by atoms with Gasteiger partial charge in [0.05, 0.1) is 22.7 Å². The quantitative estimate of drug-likeness (QED) is 0.458. The highest BCUT2D eigenvalue weighted by atomic mass is 32.2. The molecule has 3 aromatic rings. The minimum absolute atomic E-state index is 0.00425. The summed E-state index contributed by atoms with van der Waals surface area (Å²) in [6.07, 6.45) is -3.83. The van der Waals surface area contributed by atoms with Crippen LogP contribution >= 0.6 is 0 Å². The van der Waals surface area contributed by atoms with Crippen LogP contribution in [0.4, 0.5) is 27.6 Å². The standard InChI is InChI=1S/C21H14F5NO3S.C3H8O/c22-17-6-4-13(10-18(17)23)14-5-7-20-19(11-14)27(8-9-30-20)31(28,29)16-3-1-2-15(12-16)21(24,25)26;1-2-3-4/h1-7,10-12H,8-9H2;4H,2-3H2,1H3. The molecule has 0 amide bonds. The first kappa shape index (κ1) is 26.4. The second-order valence-corrected chi connectivity index (χ2v) is 9.35. The van der Waals surface area contributed by atoms with E-state index in [-0.39, 0.29) is 24.6 Å². The first-order valence-corrected chi connectivity index (χ1v) is 12.0. The normalized spacial score (nSPS) is 13.4. The zero-order valence-corrected chi connectivity index (χ0v) is 19.3. The van der Waals surface area contributed by atoms with E-state index < -0.39 is 38.3 Å². The molecule has 3 aromatic carbocycles. The summed E-state index contributed by atoms with van der Waals surface area (Å²) in [6, 6.07) is 11.1. The Balaban J connectivity index is 0.000000795. The molecule has 1 heterocycles. The fourth-order valence-corrected chi connectivity index (χ4v) is 4.76. The Bertz CT molecular complexity index is 1290. The Kier molecular flexibility index (Phi) is 8.01. The Morgan fingerprint density at radius 3 is 2.26 bits per heavy atom. The van der Waals surface area contributed by atoms with Gasteiger partial charge in [0.1, 0.15) is 12.4 Å². The third-order valence-electron chi connectivity index (χ3n) is 5.01. The molecule has 1 aliphatic rings. The average Bonchev–Trinajstić information content (AvgIpc) is 2.84. The summed E-state index contributed by atoms with van der Waals surface area (Å²) in [6.45, 7) is 2.11. The maximum absolute atomic E-state index is 13.6. The Labute approximate surface area is 199 Å². The van der Waals surface area contributed by atoms with E-state index in [0.717, 1.165) is 41.1 Å². The molecular formula is C24H22F5NO4S. The fourth-order valence-electron chi connectivity index (χ4n) is 3.26. The smallest absolute Gasteiger partial charge is 0.416 e. The highest BCUT2D eigenvalue weighted by molar-refractivity contribution is 7.92. The van der Waals surface area contributed by atoms with E-state index in [1.165, 1.54) is 18.2 Å². The van der Waals surface area contributed by atoms with E-state index in [0.29, 0.717) is 23.8 Å². The third kappa shape index (κ3) is 5.91. The molecule has 1 aliphatic heterocycles. The van der Waals surface area contributed by atoms with Gasteiger partial charge in [-0.1, -0.05) is 25.1 Å². The van der Waals surface area contributed by atoms with E-state index in [4.69, 9.17) is 9.84 Å². The van der Waals surface area contributed by atoms with Gasteiger partial charge in [-0.05, 0) is 60.0 Å². The third-order valence-corrected chi connectivity index (χ3v) is 6.81. The largest absolute Gasteiger partial charge is 0.489 e. The lowest BCUT2D eigenvalue weighted by molar-refractivity contribution is -0.137. The predicted octanol–water partition coefficient (Wildman–Crippen LogP) is 5.63. The summed E-state index contributed by atoms with van der Waals surface area (Å²) in [7, 11) is -4.35. The molecule has 0 spiro atoms. The van der Waals surface area contributed by atoms with E-state index in [2.05, 4.69) is 0 Å². The summed E-state index contributed by atoms with van der Waals surface area (Å²) in [5.74, 6) is -1.90. The van der Waals surface area contributed by atoms with Crippen molar-refractivity contribution in [1.82, 2.24) is 0 Å². The van der Waals surface area contributed by atoms with E-state index in [1.807, 2.05) is 6.92 Å². The summed E-state index contributed by atoms with van der Waals surface area (Å²) >= 11 is 0. The van der Waals surface area contributed by atoms with Crippen molar-refractivity contribution >= 4 is 15.7 Å². The molecule has 0 radical (unpaired) electrons. The molecule has 0 unspecified atom stereocenters. The average molecular weight is 516 g/mol. The molecule has 0 aromatic heterocycles. The second kappa shape index (κ2) is 10.6. The number of benzene rings is 3. The number of sulfonamides is 1.